The number of rotatable bonds is 5. The van der Waals surface area contributed by atoms with E-state index in [1.807, 2.05) is 26.0 Å². The largest absolute Gasteiger partial charge is 0.325 e. The number of nitrogens with one attached hydrogen (secondary N) is 1. The van der Waals surface area contributed by atoms with Crippen molar-refractivity contribution < 1.29 is 4.79 Å². The van der Waals surface area contributed by atoms with Crippen LogP contribution in [0.25, 0.3) is 0 Å². The van der Waals surface area contributed by atoms with Crippen LogP contribution in [0, 0.1) is 11.8 Å². The number of halogens is 1. The van der Waals surface area contributed by atoms with Gasteiger partial charge in [-0.3, -0.25) is 9.69 Å². The molecule has 0 radical (unpaired) electrons. The third-order valence-corrected chi connectivity index (χ3v) is 4.39. The highest BCUT2D eigenvalue weighted by Gasteiger charge is 2.18. The van der Waals surface area contributed by atoms with Gasteiger partial charge in [0.2, 0.25) is 5.91 Å². The standard InChI is InChI=1S/C18H29N3O.ClH/c1-13(2)17(19)18(22)20-16-8-6-15(7-9-16)12-21-10-4-5-14(3)11-21;/h6-9,13-14,17H,4-5,10-12,19H2,1-3H3,(H,20,22);1H/t14?,17-;/m0./s1. The van der Waals surface area contributed by atoms with E-state index in [1.165, 1.54) is 31.5 Å². The summed E-state index contributed by atoms with van der Waals surface area (Å²) >= 11 is 0. The SMILES string of the molecule is CC1CCCN(Cc2ccc(NC(=O)[C@@H](N)C(C)C)cc2)C1.Cl. The summed E-state index contributed by atoms with van der Waals surface area (Å²) in [5.41, 5.74) is 7.96. The van der Waals surface area contributed by atoms with Gasteiger partial charge in [-0.05, 0) is 48.9 Å². The van der Waals surface area contributed by atoms with E-state index >= 15 is 0 Å². The van der Waals surface area contributed by atoms with E-state index in [0.717, 1.165) is 18.2 Å². The van der Waals surface area contributed by atoms with E-state index in [1.54, 1.807) is 0 Å². The van der Waals surface area contributed by atoms with Gasteiger partial charge in [-0.2, -0.15) is 0 Å². The van der Waals surface area contributed by atoms with Crippen molar-refractivity contribution in [3.05, 3.63) is 29.8 Å². The summed E-state index contributed by atoms with van der Waals surface area (Å²) in [5, 5.41) is 2.88. The Bertz CT molecular complexity index is 490. The first kappa shape index (κ1) is 19.9. The molecule has 1 heterocycles. The van der Waals surface area contributed by atoms with E-state index in [4.69, 9.17) is 5.73 Å². The van der Waals surface area contributed by atoms with Gasteiger partial charge in [0, 0.05) is 18.8 Å². The van der Waals surface area contributed by atoms with Crippen LogP contribution in [-0.4, -0.2) is 29.9 Å². The van der Waals surface area contributed by atoms with Crippen molar-refractivity contribution in [1.82, 2.24) is 4.90 Å². The Morgan fingerprint density at radius 3 is 2.57 bits per heavy atom. The van der Waals surface area contributed by atoms with Crippen LogP contribution < -0.4 is 11.1 Å². The molecular weight excluding hydrogens is 310 g/mol. The lowest BCUT2D eigenvalue weighted by atomic mass is 10.00. The van der Waals surface area contributed by atoms with Gasteiger partial charge in [0.15, 0.2) is 0 Å². The van der Waals surface area contributed by atoms with Crippen LogP contribution >= 0.6 is 12.4 Å². The monoisotopic (exact) mass is 339 g/mol. The number of carbonyl (C=O) groups is 1. The van der Waals surface area contributed by atoms with E-state index < -0.39 is 6.04 Å². The van der Waals surface area contributed by atoms with E-state index in [0.29, 0.717) is 0 Å². The van der Waals surface area contributed by atoms with E-state index in [-0.39, 0.29) is 24.2 Å². The Balaban J connectivity index is 0.00000264. The van der Waals surface area contributed by atoms with Crippen molar-refractivity contribution in [1.29, 1.82) is 0 Å². The normalized spacial score (nSPS) is 20.0. The van der Waals surface area contributed by atoms with Crippen molar-refractivity contribution in [2.24, 2.45) is 17.6 Å². The van der Waals surface area contributed by atoms with Gasteiger partial charge in [0.05, 0.1) is 6.04 Å². The zero-order valence-electron chi connectivity index (χ0n) is 14.4. The van der Waals surface area contributed by atoms with Gasteiger partial charge in [-0.1, -0.05) is 32.9 Å². The molecule has 1 saturated heterocycles. The fourth-order valence-corrected chi connectivity index (χ4v) is 2.91. The van der Waals surface area contributed by atoms with Crippen LogP contribution in [0.2, 0.25) is 0 Å². The van der Waals surface area contributed by atoms with Gasteiger partial charge in [-0.15, -0.1) is 12.4 Å². The Kier molecular flexibility index (Phi) is 8.03. The molecule has 2 rings (SSSR count). The highest BCUT2D eigenvalue weighted by Crippen LogP contribution is 2.19. The van der Waals surface area contributed by atoms with Crippen molar-refractivity contribution in [2.45, 2.75) is 46.2 Å². The molecule has 3 N–H and O–H groups in total. The average Bonchev–Trinajstić information content (AvgIpc) is 2.48. The third-order valence-electron chi connectivity index (χ3n) is 4.39. The highest BCUT2D eigenvalue weighted by molar-refractivity contribution is 5.94. The summed E-state index contributed by atoms with van der Waals surface area (Å²) in [7, 11) is 0. The summed E-state index contributed by atoms with van der Waals surface area (Å²) in [6.07, 6.45) is 2.64. The molecule has 1 unspecified atom stereocenters. The topological polar surface area (TPSA) is 58.4 Å². The molecule has 0 saturated carbocycles. The number of anilines is 1. The molecule has 0 bridgehead atoms. The summed E-state index contributed by atoms with van der Waals surface area (Å²) < 4.78 is 0. The Morgan fingerprint density at radius 2 is 2.00 bits per heavy atom. The molecule has 1 amide bonds. The lowest BCUT2D eigenvalue weighted by Crippen LogP contribution is -2.39. The number of hydrogen-bond acceptors (Lipinski definition) is 3. The number of carbonyl (C=O) groups excluding carboxylic acids is 1. The number of benzene rings is 1. The van der Waals surface area contributed by atoms with Gasteiger partial charge < -0.3 is 11.1 Å². The maximum absolute atomic E-state index is 11.9. The maximum atomic E-state index is 11.9. The van der Waals surface area contributed by atoms with Crippen molar-refractivity contribution in [3.63, 3.8) is 0 Å². The molecule has 23 heavy (non-hydrogen) atoms. The zero-order valence-corrected chi connectivity index (χ0v) is 15.2. The van der Waals surface area contributed by atoms with Crippen LogP contribution in [0.4, 0.5) is 5.69 Å². The quantitative estimate of drug-likeness (QED) is 0.865. The van der Waals surface area contributed by atoms with Crippen LogP contribution in [0.1, 0.15) is 39.2 Å². The molecule has 0 aromatic heterocycles. The molecular formula is C18H30ClN3O. The van der Waals surface area contributed by atoms with Crippen molar-refractivity contribution in [3.8, 4) is 0 Å². The molecule has 1 fully saturated rings. The predicted molar refractivity (Wildman–Crippen MR) is 98.8 cm³/mol. The Hall–Kier alpha value is -1.10. The summed E-state index contributed by atoms with van der Waals surface area (Å²) in [6.45, 7) is 9.58. The number of piperidine rings is 1. The lowest BCUT2D eigenvalue weighted by Gasteiger charge is -2.30. The van der Waals surface area contributed by atoms with Gasteiger partial charge in [0.1, 0.15) is 0 Å². The van der Waals surface area contributed by atoms with Crippen molar-refractivity contribution >= 4 is 24.0 Å². The minimum absolute atomic E-state index is 0. The summed E-state index contributed by atoms with van der Waals surface area (Å²) in [6, 6.07) is 7.65. The first-order valence-electron chi connectivity index (χ1n) is 8.33. The van der Waals surface area contributed by atoms with Crippen LogP contribution in [0.3, 0.4) is 0 Å². The Labute approximate surface area is 146 Å². The first-order chi connectivity index (χ1) is 10.5. The second-order valence-corrected chi connectivity index (χ2v) is 6.94. The molecule has 1 aliphatic rings. The number of nitrogens with zero attached hydrogens (tertiary/aromatic N) is 1. The first-order valence-corrected chi connectivity index (χ1v) is 8.33. The smallest absolute Gasteiger partial charge is 0.241 e. The van der Waals surface area contributed by atoms with E-state index in [2.05, 4.69) is 29.3 Å². The van der Waals surface area contributed by atoms with Crippen LogP contribution in [-0.2, 0) is 11.3 Å². The molecule has 1 aliphatic heterocycles. The van der Waals surface area contributed by atoms with Crippen LogP contribution in [0.15, 0.2) is 24.3 Å². The fraction of sp³-hybridized carbons (Fsp3) is 0.611. The molecule has 0 aliphatic carbocycles. The minimum Gasteiger partial charge on any atom is -0.325 e. The second kappa shape index (κ2) is 9.26. The maximum Gasteiger partial charge on any atom is 0.241 e. The summed E-state index contributed by atoms with van der Waals surface area (Å²) in [4.78, 5) is 14.5. The van der Waals surface area contributed by atoms with Crippen molar-refractivity contribution in [2.75, 3.05) is 18.4 Å². The molecule has 2 atom stereocenters. The molecule has 5 heteroatoms. The van der Waals surface area contributed by atoms with Gasteiger partial charge in [0.25, 0.3) is 0 Å². The Morgan fingerprint density at radius 1 is 1.35 bits per heavy atom. The minimum atomic E-state index is -0.463. The molecule has 1 aromatic rings. The molecule has 0 spiro atoms. The summed E-state index contributed by atoms with van der Waals surface area (Å²) in [5.74, 6) is 0.817. The molecule has 130 valence electrons. The zero-order chi connectivity index (χ0) is 16.1. The average molecular weight is 340 g/mol. The van der Waals surface area contributed by atoms with Gasteiger partial charge >= 0.3 is 0 Å². The second-order valence-electron chi connectivity index (χ2n) is 6.94. The number of hydrogen-bond donors (Lipinski definition) is 2. The van der Waals surface area contributed by atoms with Gasteiger partial charge in [-0.25, -0.2) is 0 Å². The van der Waals surface area contributed by atoms with E-state index in [9.17, 15) is 4.79 Å². The number of amides is 1. The predicted octanol–water partition coefficient (Wildman–Crippen LogP) is 3.26. The third kappa shape index (κ3) is 6.13. The number of nitrogens with two attached hydrogens (primary N) is 1. The lowest BCUT2D eigenvalue weighted by molar-refractivity contribution is -0.118. The molecule has 4 nitrogen and oxygen atoms in total. The van der Waals surface area contributed by atoms with Crippen LogP contribution in [0.5, 0.6) is 0 Å². The highest BCUT2D eigenvalue weighted by atomic mass is 35.5. The fourth-order valence-electron chi connectivity index (χ4n) is 2.91. The molecule has 1 aromatic carbocycles. The number of likely N-dealkylation sites (tertiary alicyclic amines) is 1.